The van der Waals surface area contributed by atoms with Gasteiger partial charge >= 0.3 is 0 Å². The van der Waals surface area contributed by atoms with Crippen LogP contribution in [0.1, 0.15) is 6.92 Å². The molecule has 0 bridgehead atoms. The van der Waals surface area contributed by atoms with Crippen molar-refractivity contribution in [3.05, 3.63) is 36.7 Å². The summed E-state index contributed by atoms with van der Waals surface area (Å²) in [6.07, 6.45) is 0.709. The highest BCUT2D eigenvalue weighted by molar-refractivity contribution is 5.92. The number of H-pyrrole nitrogens is 1. The van der Waals surface area contributed by atoms with Gasteiger partial charge in [0.05, 0.1) is 0 Å². The van der Waals surface area contributed by atoms with Gasteiger partial charge in [-0.05, 0) is 19.1 Å². The van der Waals surface area contributed by atoms with Crippen molar-refractivity contribution in [3.63, 3.8) is 0 Å². The predicted molar refractivity (Wildman–Crippen MR) is 61.5 cm³/mol. The zero-order chi connectivity index (χ0) is 12.1. The number of nitrogens with one attached hydrogen (secondary N) is 2. The van der Waals surface area contributed by atoms with Crippen LogP contribution in [0.15, 0.2) is 36.7 Å². The summed E-state index contributed by atoms with van der Waals surface area (Å²) in [5.41, 5.74) is 0. The lowest BCUT2D eigenvalue weighted by atomic mass is 10.3. The van der Waals surface area contributed by atoms with Gasteiger partial charge in [0.1, 0.15) is 12.1 Å². The van der Waals surface area contributed by atoms with E-state index in [4.69, 9.17) is 4.74 Å². The first-order valence-corrected chi connectivity index (χ1v) is 5.13. The first-order valence-electron chi connectivity index (χ1n) is 5.13. The van der Waals surface area contributed by atoms with E-state index in [-0.39, 0.29) is 5.91 Å². The normalized spacial score (nSPS) is 11.8. The molecular formula is C11H12N4O2. The van der Waals surface area contributed by atoms with Gasteiger partial charge in [0.25, 0.3) is 5.91 Å². The standard InChI is InChI=1S/C11H12N4O2/c1-8(17-9-5-3-2-4-6-9)10(16)14-11-12-7-13-15-11/h2-8H,1H3,(H2,12,13,14,15,16). The van der Waals surface area contributed by atoms with Gasteiger partial charge < -0.3 is 4.74 Å². The minimum Gasteiger partial charge on any atom is -0.481 e. The molecule has 1 aromatic carbocycles. The average molecular weight is 232 g/mol. The number of rotatable bonds is 4. The number of aromatic nitrogens is 3. The molecule has 1 atom stereocenters. The smallest absolute Gasteiger partial charge is 0.267 e. The summed E-state index contributed by atoms with van der Waals surface area (Å²) < 4.78 is 5.45. The molecule has 1 amide bonds. The lowest BCUT2D eigenvalue weighted by Crippen LogP contribution is -2.30. The first-order chi connectivity index (χ1) is 8.25. The van der Waals surface area contributed by atoms with Crippen LogP contribution in [0.2, 0.25) is 0 Å². The molecule has 0 fully saturated rings. The Morgan fingerprint density at radius 1 is 1.41 bits per heavy atom. The van der Waals surface area contributed by atoms with Crippen LogP contribution in [0.4, 0.5) is 5.95 Å². The zero-order valence-electron chi connectivity index (χ0n) is 9.25. The first kappa shape index (κ1) is 11.1. The van der Waals surface area contributed by atoms with Gasteiger partial charge in [-0.2, -0.15) is 10.1 Å². The van der Waals surface area contributed by atoms with E-state index in [0.717, 1.165) is 0 Å². The number of aromatic amines is 1. The van der Waals surface area contributed by atoms with Crippen molar-refractivity contribution in [2.45, 2.75) is 13.0 Å². The fourth-order valence-electron chi connectivity index (χ4n) is 1.24. The third kappa shape index (κ3) is 3.04. The molecule has 0 aliphatic heterocycles. The number of benzene rings is 1. The predicted octanol–water partition coefficient (Wildman–Crippen LogP) is 1.21. The van der Waals surface area contributed by atoms with Crippen LogP contribution in [0.3, 0.4) is 0 Å². The second-order valence-electron chi connectivity index (χ2n) is 3.40. The van der Waals surface area contributed by atoms with Crippen LogP contribution in [-0.2, 0) is 4.79 Å². The molecule has 0 saturated carbocycles. The second kappa shape index (κ2) is 5.11. The number of carbonyl (C=O) groups excluding carboxylic acids is 1. The SMILES string of the molecule is CC(Oc1ccccc1)C(=O)Nc1ncn[nH]1. The van der Waals surface area contributed by atoms with Crippen LogP contribution in [0.25, 0.3) is 0 Å². The van der Waals surface area contributed by atoms with Gasteiger partial charge in [-0.3, -0.25) is 10.1 Å². The fraction of sp³-hybridized carbons (Fsp3) is 0.182. The molecule has 6 heteroatoms. The van der Waals surface area contributed by atoms with Crippen LogP contribution in [0.5, 0.6) is 5.75 Å². The Balaban J connectivity index is 1.92. The fourth-order valence-corrected chi connectivity index (χ4v) is 1.24. The molecule has 1 heterocycles. The summed E-state index contributed by atoms with van der Waals surface area (Å²) in [7, 11) is 0. The van der Waals surface area contributed by atoms with Gasteiger partial charge in [-0.25, -0.2) is 5.10 Å². The topological polar surface area (TPSA) is 79.9 Å². The maximum Gasteiger partial charge on any atom is 0.267 e. The molecular weight excluding hydrogens is 220 g/mol. The molecule has 0 aliphatic rings. The molecule has 1 aromatic heterocycles. The van der Waals surface area contributed by atoms with Crippen LogP contribution in [0, 0.1) is 0 Å². The Hall–Kier alpha value is -2.37. The van der Waals surface area contributed by atoms with E-state index in [2.05, 4.69) is 20.5 Å². The summed E-state index contributed by atoms with van der Waals surface area (Å²) >= 11 is 0. The molecule has 1 unspecified atom stereocenters. The van der Waals surface area contributed by atoms with E-state index < -0.39 is 6.10 Å². The molecule has 0 aliphatic carbocycles. The molecule has 0 radical (unpaired) electrons. The number of carbonyl (C=O) groups is 1. The summed E-state index contributed by atoms with van der Waals surface area (Å²) in [5, 5.41) is 8.71. The number of nitrogens with zero attached hydrogens (tertiary/aromatic N) is 2. The Morgan fingerprint density at radius 3 is 2.82 bits per heavy atom. The molecule has 0 saturated heterocycles. The van der Waals surface area contributed by atoms with Gasteiger partial charge in [-0.15, -0.1) is 0 Å². The van der Waals surface area contributed by atoms with Crippen LogP contribution >= 0.6 is 0 Å². The largest absolute Gasteiger partial charge is 0.481 e. The monoisotopic (exact) mass is 232 g/mol. The Morgan fingerprint density at radius 2 is 2.18 bits per heavy atom. The third-order valence-corrected chi connectivity index (χ3v) is 2.08. The lowest BCUT2D eigenvalue weighted by molar-refractivity contribution is -0.122. The van der Waals surface area contributed by atoms with Crippen LogP contribution in [-0.4, -0.2) is 27.2 Å². The maximum absolute atomic E-state index is 11.7. The minimum atomic E-state index is -0.609. The lowest BCUT2D eigenvalue weighted by Gasteiger charge is -2.13. The number of para-hydroxylation sites is 1. The Kier molecular flexibility index (Phi) is 3.34. The molecule has 2 N–H and O–H groups in total. The quantitative estimate of drug-likeness (QED) is 0.830. The van der Waals surface area contributed by atoms with Gasteiger partial charge in [0.15, 0.2) is 6.10 Å². The van der Waals surface area contributed by atoms with Crippen molar-refractivity contribution < 1.29 is 9.53 Å². The molecule has 0 spiro atoms. The molecule has 88 valence electrons. The number of ether oxygens (including phenoxy) is 1. The number of hydrogen-bond donors (Lipinski definition) is 2. The average Bonchev–Trinajstić information content (AvgIpc) is 2.83. The van der Waals surface area contributed by atoms with Crippen molar-refractivity contribution in [2.75, 3.05) is 5.32 Å². The van der Waals surface area contributed by atoms with E-state index in [1.165, 1.54) is 6.33 Å². The number of amides is 1. The van der Waals surface area contributed by atoms with Crippen molar-refractivity contribution in [1.82, 2.24) is 15.2 Å². The molecule has 17 heavy (non-hydrogen) atoms. The summed E-state index contributed by atoms with van der Waals surface area (Å²) in [4.78, 5) is 15.5. The van der Waals surface area contributed by atoms with E-state index in [9.17, 15) is 4.79 Å². The highest BCUT2D eigenvalue weighted by atomic mass is 16.5. The van der Waals surface area contributed by atoms with Crippen molar-refractivity contribution in [1.29, 1.82) is 0 Å². The minimum absolute atomic E-state index is 0.286. The van der Waals surface area contributed by atoms with E-state index in [0.29, 0.717) is 11.7 Å². The van der Waals surface area contributed by atoms with Gasteiger partial charge in [0.2, 0.25) is 5.95 Å². The second-order valence-corrected chi connectivity index (χ2v) is 3.40. The highest BCUT2D eigenvalue weighted by Gasteiger charge is 2.15. The number of anilines is 1. The third-order valence-electron chi connectivity index (χ3n) is 2.08. The highest BCUT2D eigenvalue weighted by Crippen LogP contribution is 2.11. The number of hydrogen-bond acceptors (Lipinski definition) is 4. The summed E-state index contributed by atoms with van der Waals surface area (Å²) in [6.45, 7) is 1.67. The Bertz CT molecular complexity index is 469. The molecule has 2 rings (SSSR count). The van der Waals surface area contributed by atoms with E-state index in [1.807, 2.05) is 18.2 Å². The van der Waals surface area contributed by atoms with Crippen molar-refractivity contribution in [2.24, 2.45) is 0 Å². The van der Waals surface area contributed by atoms with E-state index in [1.54, 1.807) is 19.1 Å². The molecule has 2 aromatic rings. The summed E-state index contributed by atoms with van der Waals surface area (Å²) in [6, 6.07) is 9.15. The van der Waals surface area contributed by atoms with Crippen molar-refractivity contribution in [3.8, 4) is 5.75 Å². The Labute approximate surface area is 98.0 Å². The maximum atomic E-state index is 11.7. The molecule has 6 nitrogen and oxygen atoms in total. The summed E-state index contributed by atoms with van der Waals surface area (Å²) in [5.74, 6) is 0.664. The van der Waals surface area contributed by atoms with Crippen LogP contribution < -0.4 is 10.1 Å². The zero-order valence-corrected chi connectivity index (χ0v) is 9.25. The van der Waals surface area contributed by atoms with Gasteiger partial charge in [-0.1, -0.05) is 18.2 Å². The van der Waals surface area contributed by atoms with Crippen molar-refractivity contribution >= 4 is 11.9 Å². The van der Waals surface area contributed by atoms with Gasteiger partial charge in [0, 0.05) is 0 Å². The van der Waals surface area contributed by atoms with E-state index >= 15 is 0 Å².